The van der Waals surface area contributed by atoms with Crippen LogP contribution in [0.25, 0.3) is 11.3 Å². The predicted molar refractivity (Wildman–Crippen MR) is 107 cm³/mol. The maximum Gasteiger partial charge on any atom is 0.573 e. The number of halogens is 3. The first-order valence-corrected chi connectivity index (χ1v) is 9.59. The lowest BCUT2D eigenvalue weighted by Gasteiger charge is -2.24. The van der Waals surface area contributed by atoms with Crippen molar-refractivity contribution in [2.45, 2.75) is 31.2 Å². The van der Waals surface area contributed by atoms with Gasteiger partial charge in [-0.3, -0.25) is 0 Å². The summed E-state index contributed by atoms with van der Waals surface area (Å²) < 4.78 is 46.0. The molecule has 0 amide bonds. The molecule has 0 aliphatic heterocycles. The summed E-state index contributed by atoms with van der Waals surface area (Å²) in [5.74, 6) is 0.150. The largest absolute Gasteiger partial charge is 0.573 e. The highest BCUT2D eigenvalue weighted by Crippen LogP contribution is 2.25. The number of rotatable bonds is 9. The number of aliphatic hydroxyl groups is 2. The van der Waals surface area contributed by atoms with Crippen molar-refractivity contribution in [3.05, 3.63) is 71.8 Å². The van der Waals surface area contributed by atoms with E-state index in [4.69, 9.17) is 10.2 Å². The molecule has 0 bridgehead atoms. The number of nitrogens with zero attached hydrogens (tertiary/aromatic N) is 1. The zero-order chi connectivity index (χ0) is 22.5. The zero-order valence-electron chi connectivity index (χ0n) is 16.6. The monoisotopic (exact) mass is 436 g/mol. The molecule has 0 unspecified atom stereocenters. The van der Waals surface area contributed by atoms with Gasteiger partial charge in [-0.05, 0) is 36.1 Å². The van der Waals surface area contributed by atoms with Crippen LogP contribution in [0.4, 0.5) is 13.2 Å². The van der Waals surface area contributed by atoms with E-state index in [0.29, 0.717) is 30.8 Å². The Bertz CT molecular complexity index is 966. The second-order valence-electron chi connectivity index (χ2n) is 7.37. The number of ether oxygens (including phenoxy) is 1. The molecule has 0 spiro atoms. The Morgan fingerprint density at radius 1 is 0.935 bits per heavy atom. The molecule has 1 aromatic heterocycles. The van der Waals surface area contributed by atoms with Crippen LogP contribution in [0, 0.1) is 0 Å². The van der Waals surface area contributed by atoms with Crippen LogP contribution in [-0.2, 0) is 12.8 Å². The molecule has 31 heavy (non-hydrogen) atoms. The minimum absolute atomic E-state index is 0.283. The Morgan fingerprint density at radius 2 is 1.55 bits per heavy atom. The molecule has 0 saturated carbocycles. The highest BCUT2D eigenvalue weighted by Gasteiger charge is 2.31. The molecule has 0 aliphatic rings. The fourth-order valence-electron chi connectivity index (χ4n) is 2.95. The van der Waals surface area contributed by atoms with Crippen molar-refractivity contribution < 1.29 is 32.5 Å². The van der Waals surface area contributed by atoms with E-state index in [2.05, 4.69) is 9.72 Å². The number of oxazole rings is 1. The van der Waals surface area contributed by atoms with Crippen LogP contribution in [0.3, 0.4) is 0 Å². The van der Waals surface area contributed by atoms with Gasteiger partial charge >= 0.3 is 6.36 Å². The summed E-state index contributed by atoms with van der Waals surface area (Å²) in [6.45, 7) is -0.581. The van der Waals surface area contributed by atoms with E-state index in [-0.39, 0.29) is 19.0 Å². The first-order valence-electron chi connectivity index (χ1n) is 9.59. The highest BCUT2D eigenvalue weighted by atomic mass is 19.4. The lowest BCUT2D eigenvalue weighted by atomic mass is 9.93. The average molecular weight is 436 g/mol. The number of alkyl halides is 3. The van der Waals surface area contributed by atoms with Crippen LogP contribution in [-0.4, -0.2) is 40.3 Å². The third kappa shape index (κ3) is 6.55. The Kier molecular flexibility index (Phi) is 6.99. The standard InChI is InChI=1S/C22H23F3N2O4/c23-22(24,25)31-18-7-3-16(4-8-18)11-20-27-19(12-30-20)17-5-1-15(2-6-17)9-10-21(26,13-28)14-29/h1-8,12,28-29H,9-11,13-14,26H2. The second-order valence-corrected chi connectivity index (χ2v) is 7.37. The van der Waals surface area contributed by atoms with Crippen molar-refractivity contribution in [2.24, 2.45) is 5.73 Å². The number of benzene rings is 2. The quantitative estimate of drug-likeness (QED) is 0.475. The molecule has 9 heteroatoms. The number of hydrogen-bond acceptors (Lipinski definition) is 6. The third-order valence-corrected chi connectivity index (χ3v) is 4.86. The lowest BCUT2D eigenvalue weighted by Crippen LogP contribution is -2.47. The Hall–Kier alpha value is -2.88. The van der Waals surface area contributed by atoms with E-state index in [1.807, 2.05) is 24.3 Å². The number of aryl methyl sites for hydroxylation is 1. The molecule has 0 fully saturated rings. The molecule has 0 radical (unpaired) electrons. The van der Waals surface area contributed by atoms with E-state index in [1.165, 1.54) is 30.5 Å². The minimum atomic E-state index is -4.72. The summed E-state index contributed by atoms with van der Waals surface area (Å²) in [6.07, 6.45) is -1.82. The Labute approximate surface area is 177 Å². The summed E-state index contributed by atoms with van der Waals surface area (Å²) in [7, 11) is 0. The lowest BCUT2D eigenvalue weighted by molar-refractivity contribution is -0.274. The van der Waals surface area contributed by atoms with Gasteiger partial charge in [0, 0.05) is 12.0 Å². The van der Waals surface area contributed by atoms with Crippen molar-refractivity contribution in [3.63, 3.8) is 0 Å². The maximum absolute atomic E-state index is 12.2. The molecule has 3 aromatic rings. The molecule has 0 atom stereocenters. The molecule has 166 valence electrons. The van der Waals surface area contributed by atoms with Crippen LogP contribution in [0.15, 0.2) is 59.2 Å². The van der Waals surface area contributed by atoms with Gasteiger partial charge in [0.25, 0.3) is 0 Å². The molecule has 1 heterocycles. The van der Waals surface area contributed by atoms with Crippen molar-refractivity contribution >= 4 is 0 Å². The van der Waals surface area contributed by atoms with Crippen LogP contribution in [0.2, 0.25) is 0 Å². The van der Waals surface area contributed by atoms with Crippen LogP contribution in [0.1, 0.15) is 23.4 Å². The van der Waals surface area contributed by atoms with E-state index in [9.17, 15) is 23.4 Å². The van der Waals surface area contributed by atoms with Gasteiger partial charge in [-0.15, -0.1) is 13.2 Å². The smallest absolute Gasteiger partial charge is 0.448 e. The molecule has 3 rings (SSSR count). The van der Waals surface area contributed by atoms with Crippen molar-refractivity contribution in [2.75, 3.05) is 13.2 Å². The summed E-state index contributed by atoms with van der Waals surface area (Å²) >= 11 is 0. The van der Waals surface area contributed by atoms with Gasteiger partial charge in [-0.25, -0.2) is 4.98 Å². The van der Waals surface area contributed by atoms with Crippen LogP contribution in [0.5, 0.6) is 5.75 Å². The summed E-state index contributed by atoms with van der Waals surface area (Å²) in [4.78, 5) is 4.44. The maximum atomic E-state index is 12.2. The normalized spacial score (nSPS) is 12.2. The van der Waals surface area contributed by atoms with E-state index >= 15 is 0 Å². The summed E-state index contributed by atoms with van der Waals surface area (Å²) in [5, 5.41) is 18.5. The molecule has 0 saturated heterocycles. The molecule has 4 N–H and O–H groups in total. The fourth-order valence-corrected chi connectivity index (χ4v) is 2.95. The number of aromatic nitrogens is 1. The highest BCUT2D eigenvalue weighted by molar-refractivity contribution is 5.58. The van der Waals surface area contributed by atoms with Crippen LogP contribution >= 0.6 is 0 Å². The van der Waals surface area contributed by atoms with Gasteiger partial charge < -0.3 is 25.1 Å². The average Bonchev–Trinajstić information content (AvgIpc) is 3.21. The van der Waals surface area contributed by atoms with Gasteiger partial charge in [-0.1, -0.05) is 36.4 Å². The SMILES string of the molecule is NC(CO)(CO)CCc1ccc(-c2coc(Cc3ccc(OC(F)(F)F)cc3)n2)cc1. The van der Waals surface area contributed by atoms with E-state index in [0.717, 1.165) is 16.7 Å². The van der Waals surface area contributed by atoms with Crippen molar-refractivity contribution in [1.82, 2.24) is 4.98 Å². The number of nitrogens with two attached hydrogens (primary N) is 1. The molecule has 0 aliphatic carbocycles. The molecule has 2 aromatic carbocycles. The zero-order valence-corrected chi connectivity index (χ0v) is 16.6. The van der Waals surface area contributed by atoms with Gasteiger partial charge in [0.05, 0.1) is 18.8 Å². The first kappa shape index (κ1) is 22.8. The summed E-state index contributed by atoms with van der Waals surface area (Å²) in [6, 6.07) is 13.1. The minimum Gasteiger partial charge on any atom is -0.448 e. The fraction of sp³-hybridized carbons (Fsp3) is 0.318. The number of aliphatic hydroxyl groups excluding tert-OH is 2. The van der Waals surface area contributed by atoms with Crippen molar-refractivity contribution in [3.8, 4) is 17.0 Å². The topological polar surface area (TPSA) is 102 Å². The van der Waals surface area contributed by atoms with Gasteiger partial charge in [0.1, 0.15) is 17.7 Å². The van der Waals surface area contributed by atoms with Gasteiger partial charge in [0.15, 0.2) is 5.89 Å². The third-order valence-electron chi connectivity index (χ3n) is 4.86. The molecular formula is C22H23F3N2O4. The summed E-state index contributed by atoms with van der Waals surface area (Å²) in [5.41, 5.74) is 8.10. The van der Waals surface area contributed by atoms with Crippen molar-refractivity contribution in [1.29, 1.82) is 0 Å². The molecular weight excluding hydrogens is 413 g/mol. The van der Waals surface area contributed by atoms with Crippen LogP contribution < -0.4 is 10.5 Å². The number of hydrogen-bond donors (Lipinski definition) is 3. The predicted octanol–water partition coefficient (Wildman–Crippen LogP) is 3.45. The second kappa shape index (κ2) is 9.51. The first-order chi connectivity index (χ1) is 14.7. The van der Waals surface area contributed by atoms with Gasteiger partial charge in [0.2, 0.25) is 0 Å². The molecule has 6 nitrogen and oxygen atoms in total. The van der Waals surface area contributed by atoms with E-state index in [1.54, 1.807) is 0 Å². The Morgan fingerprint density at radius 3 is 2.13 bits per heavy atom. The van der Waals surface area contributed by atoms with E-state index < -0.39 is 11.9 Å². The Balaban J connectivity index is 1.60. The van der Waals surface area contributed by atoms with Gasteiger partial charge in [-0.2, -0.15) is 0 Å².